The summed E-state index contributed by atoms with van der Waals surface area (Å²) in [6.07, 6.45) is 0.162. The van der Waals surface area contributed by atoms with Crippen molar-refractivity contribution in [3.63, 3.8) is 0 Å². The van der Waals surface area contributed by atoms with Crippen LogP contribution in [0, 0.1) is 5.92 Å². The third-order valence-electron chi connectivity index (χ3n) is 6.71. The van der Waals surface area contributed by atoms with Crippen molar-refractivity contribution in [1.29, 1.82) is 0 Å². The molecule has 2 aromatic rings. The highest BCUT2D eigenvalue weighted by Gasteiger charge is 2.63. The number of ether oxygens (including phenoxy) is 2. The number of nitrogens with zero attached hydrogens (tertiary/aromatic N) is 2. The number of likely N-dealkylation sites (tertiary alicyclic amines) is 2. The number of thiophene rings is 1. The summed E-state index contributed by atoms with van der Waals surface area (Å²) in [6.45, 7) is 6.85. The molecule has 0 unspecified atom stereocenters. The molecule has 0 N–H and O–H groups in total. The van der Waals surface area contributed by atoms with Crippen molar-refractivity contribution >= 4 is 39.2 Å². The normalized spacial score (nSPS) is 22.8. The minimum Gasteiger partial charge on any atom is -0.466 e. The first-order valence-electron chi connectivity index (χ1n) is 11.1. The van der Waals surface area contributed by atoms with Gasteiger partial charge in [0, 0.05) is 30.9 Å². The number of carbonyl (C=O) groups is 3. The van der Waals surface area contributed by atoms with Crippen molar-refractivity contribution in [2.45, 2.75) is 51.3 Å². The van der Waals surface area contributed by atoms with Crippen LogP contribution in [0.4, 0.5) is 0 Å². The van der Waals surface area contributed by atoms with Crippen molar-refractivity contribution < 1.29 is 23.9 Å². The summed E-state index contributed by atoms with van der Waals surface area (Å²) in [7, 11) is 1.46. The molecule has 3 heterocycles. The smallest absolute Gasteiger partial charge is 0.314 e. The molecule has 1 aromatic carbocycles. The average Bonchev–Trinajstić information content (AvgIpc) is 3.30. The molecule has 8 heteroatoms. The molecule has 0 bridgehead atoms. The third kappa shape index (κ3) is 3.59. The number of hydrogen-bond acceptors (Lipinski definition) is 6. The molecule has 2 amide bonds. The van der Waals surface area contributed by atoms with Crippen LogP contribution in [0.15, 0.2) is 30.3 Å². The van der Waals surface area contributed by atoms with Crippen LogP contribution < -0.4 is 0 Å². The number of esters is 1. The van der Waals surface area contributed by atoms with Crippen LogP contribution in [0.25, 0.3) is 10.1 Å². The van der Waals surface area contributed by atoms with Gasteiger partial charge in [-0.2, -0.15) is 0 Å². The Hall–Kier alpha value is -2.45. The molecule has 0 saturated carbocycles. The van der Waals surface area contributed by atoms with E-state index in [9.17, 15) is 14.4 Å². The van der Waals surface area contributed by atoms with E-state index < -0.39 is 23.5 Å². The largest absolute Gasteiger partial charge is 0.466 e. The lowest BCUT2D eigenvalue weighted by Crippen LogP contribution is -2.60. The molecular formula is C24H30N2O5S. The molecule has 2 aliphatic rings. The van der Waals surface area contributed by atoms with E-state index in [0.29, 0.717) is 30.8 Å². The molecule has 1 aromatic heterocycles. The minimum atomic E-state index is -0.860. The molecule has 2 fully saturated rings. The molecule has 32 heavy (non-hydrogen) atoms. The van der Waals surface area contributed by atoms with Crippen LogP contribution in [0.3, 0.4) is 0 Å². The number of amides is 2. The van der Waals surface area contributed by atoms with Gasteiger partial charge in [-0.1, -0.05) is 18.2 Å². The van der Waals surface area contributed by atoms with Gasteiger partial charge in [0.2, 0.25) is 0 Å². The summed E-state index contributed by atoms with van der Waals surface area (Å²) in [5, 5.41) is 1.06. The summed E-state index contributed by atoms with van der Waals surface area (Å²) in [5.74, 6) is -1.29. The zero-order valence-electron chi connectivity index (χ0n) is 19.0. The zero-order valence-corrected chi connectivity index (χ0v) is 19.8. The number of hydrogen-bond donors (Lipinski definition) is 0. The van der Waals surface area contributed by atoms with Crippen molar-refractivity contribution in [2.75, 3.05) is 26.8 Å². The first-order chi connectivity index (χ1) is 15.3. The average molecular weight is 459 g/mol. The Bertz CT molecular complexity index is 991. The highest BCUT2D eigenvalue weighted by Crippen LogP contribution is 2.46. The lowest BCUT2D eigenvalue weighted by atomic mass is 9.75. The molecule has 4 rings (SSSR count). The molecule has 0 radical (unpaired) electrons. The predicted octanol–water partition coefficient (Wildman–Crippen LogP) is 3.32. The fourth-order valence-electron chi connectivity index (χ4n) is 5.40. The van der Waals surface area contributed by atoms with Crippen molar-refractivity contribution in [1.82, 2.24) is 9.80 Å². The number of fused-ring (bicyclic) bond motifs is 1. The van der Waals surface area contributed by atoms with Gasteiger partial charge in [-0.3, -0.25) is 14.4 Å². The second-order valence-electron chi connectivity index (χ2n) is 8.73. The topological polar surface area (TPSA) is 76.2 Å². The summed E-state index contributed by atoms with van der Waals surface area (Å²) in [6, 6.07) is 9.80. The first kappa shape index (κ1) is 22.7. The highest BCUT2D eigenvalue weighted by atomic mass is 32.1. The Morgan fingerprint density at radius 1 is 1.22 bits per heavy atom. The molecule has 7 nitrogen and oxygen atoms in total. The fraction of sp³-hybridized carbons (Fsp3) is 0.542. The Morgan fingerprint density at radius 3 is 2.50 bits per heavy atom. The number of rotatable bonds is 5. The number of carbonyl (C=O) groups excluding carboxylic acids is 3. The lowest BCUT2D eigenvalue weighted by Gasteiger charge is -2.48. The Labute approximate surface area is 192 Å². The lowest BCUT2D eigenvalue weighted by molar-refractivity contribution is -0.157. The van der Waals surface area contributed by atoms with Crippen LogP contribution in [0.2, 0.25) is 0 Å². The Kier molecular flexibility index (Phi) is 6.27. The highest BCUT2D eigenvalue weighted by molar-refractivity contribution is 7.20. The van der Waals surface area contributed by atoms with Gasteiger partial charge in [0.05, 0.1) is 17.0 Å². The van der Waals surface area contributed by atoms with Gasteiger partial charge in [0.15, 0.2) is 6.10 Å². The van der Waals surface area contributed by atoms with Gasteiger partial charge in [-0.05, 0) is 51.1 Å². The van der Waals surface area contributed by atoms with E-state index in [1.807, 2.05) is 54.0 Å². The maximum absolute atomic E-state index is 13.2. The van der Waals surface area contributed by atoms with E-state index >= 15 is 0 Å². The molecule has 1 spiro atoms. The second-order valence-corrected chi connectivity index (χ2v) is 9.82. The van der Waals surface area contributed by atoms with Crippen LogP contribution in [0.1, 0.15) is 43.3 Å². The summed E-state index contributed by atoms with van der Waals surface area (Å²) < 4.78 is 12.0. The molecule has 0 aliphatic carbocycles. The van der Waals surface area contributed by atoms with E-state index in [-0.39, 0.29) is 24.5 Å². The Balaban J connectivity index is 1.60. The minimum absolute atomic E-state index is 0.00236. The maximum atomic E-state index is 13.2. The summed E-state index contributed by atoms with van der Waals surface area (Å²) >= 11 is 1.49. The molecule has 172 valence electrons. The van der Waals surface area contributed by atoms with E-state index in [1.165, 1.54) is 18.4 Å². The fourth-order valence-corrected chi connectivity index (χ4v) is 6.43. The van der Waals surface area contributed by atoms with Gasteiger partial charge in [-0.25, -0.2) is 0 Å². The van der Waals surface area contributed by atoms with E-state index in [2.05, 4.69) is 0 Å². The first-order valence-corrected chi connectivity index (χ1v) is 12.0. The van der Waals surface area contributed by atoms with Gasteiger partial charge >= 0.3 is 5.97 Å². The zero-order chi connectivity index (χ0) is 23.0. The third-order valence-corrected chi connectivity index (χ3v) is 7.81. The molecule has 2 atom stereocenters. The monoisotopic (exact) mass is 458 g/mol. The van der Waals surface area contributed by atoms with Crippen molar-refractivity contribution in [3.05, 3.63) is 35.2 Å². The Morgan fingerprint density at radius 2 is 1.91 bits per heavy atom. The van der Waals surface area contributed by atoms with Crippen LogP contribution >= 0.6 is 11.3 Å². The van der Waals surface area contributed by atoms with Gasteiger partial charge in [0.1, 0.15) is 5.92 Å². The number of benzene rings is 1. The quantitative estimate of drug-likeness (QED) is 0.643. The van der Waals surface area contributed by atoms with E-state index in [4.69, 9.17) is 9.47 Å². The number of methoxy groups -OCH3 is 1. The van der Waals surface area contributed by atoms with Crippen molar-refractivity contribution in [2.24, 2.45) is 5.92 Å². The second kappa shape index (κ2) is 8.83. The molecular weight excluding hydrogens is 428 g/mol. The standard InChI is InChI=1S/C24H30N2O5S/c1-5-31-23(29)19-20(30-4)22(28)26(15(2)3)24(19)10-12-25(13-11-24)21(27)18-14-16-8-6-7-9-17(16)32-18/h6-9,14-15,19-20H,5,10-13H2,1-4H3/t19-,20+/m0/s1. The van der Waals surface area contributed by atoms with Gasteiger partial charge < -0.3 is 19.3 Å². The van der Waals surface area contributed by atoms with Crippen LogP contribution in [-0.2, 0) is 19.1 Å². The van der Waals surface area contributed by atoms with Gasteiger partial charge in [0.25, 0.3) is 11.8 Å². The van der Waals surface area contributed by atoms with Gasteiger partial charge in [-0.15, -0.1) is 11.3 Å². The summed E-state index contributed by atoms with van der Waals surface area (Å²) in [4.78, 5) is 43.8. The summed E-state index contributed by atoms with van der Waals surface area (Å²) in [5.41, 5.74) is -0.713. The number of piperidine rings is 1. The SMILES string of the molecule is CCOC(=O)[C@@H]1[C@@H](OC)C(=O)N(C(C)C)C12CCN(C(=O)c1cc3ccccc3s1)CC2. The van der Waals surface area contributed by atoms with Crippen LogP contribution in [0.5, 0.6) is 0 Å². The van der Waals surface area contributed by atoms with E-state index in [1.54, 1.807) is 6.92 Å². The van der Waals surface area contributed by atoms with Crippen LogP contribution in [-0.4, -0.2) is 72.1 Å². The molecule has 2 saturated heterocycles. The van der Waals surface area contributed by atoms with E-state index in [0.717, 1.165) is 10.1 Å². The predicted molar refractivity (Wildman–Crippen MR) is 123 cm³/mol. The molecule has 2 aliphatic heterocycles. The van der Waals surface area contributed by atoms with Crippen molar-refractivity contribution in [3.8, 4) is 0 Å². The maximum Gasteiger partial charge on any atom is 0.314 e.